The Morgan fingerprint density at radius 2 is 1.62 bits per heavy atom. The minimum atomic E-state index is -3.19. The van der Waals surface area contributed by atoms with E-state index in [2.05, 4.69) is 20.8 Å². The molecule has 2 N–H and O–H groups in total. The van der Waals surface area contributed by atoms with Crippen LogP contribution in [0.25, 0.3) is 0 Å². The first-order valence-corrected chi connectivity index (χ1v) is 7.46. The van der Waals surface area contributed by atoms with E-state index in [0.29, 0.717) is 19.5 Å². The fourth-order valence-corrected chi connectivity index (χ4v) is 3.49. The van der Waals surface area contributed by atoms with Gasteiger partial charge in [-0.05, 0) is 11.8 Å². The normalized spacial score (nSPS) is 15.4. The third-order valence-corrected chi connectivity index (χ3v) is 4.55. The van der Waals surface area contributed by atoms with Gasteiger partial charge in [-0.1, -0.05) is 34.6 Å². The molecule has 0 spiro atoms. The molecule has 0 fully saturated rings. The zero-order valence-corrected chi connectivity index (χ0v) is 12.0. The Labute approximate surface area is 100 Å². The summed E-state index contributed by atoms with van der Waals surface area (Å²) in [5.74, 6) is 0.0476. The van der Waals surface area contributed by atoms with Crippen LogP contribution in [0.3, 0.4) is 0 Å². The van der Waals surface area contributed by atoms with Gasteiger partial charge in [-0.2, -0.15) is 0 Å². The molecular formula is C11H26N2O2S. The van der Waals surface area contributed by atoms with E-state index in [1.54, 1.807) is 0 Å². The van der Waals surface area contributed by atoms with Gasteiger partial charge in [0.05, 0.1) is 5.75 Å². The van der Waals surface area contributed by atoms with Crippen molar-refractivity contribution < 1.29 is 8.42 Å². The van der Waals surface area contributed by atoms with Crippen LogP contribution in [-0.2, 0) is 10.0 Å². The van der Waals surface area contributed by atoms with Crippen LogP contribution in [0.15, 0.2) is 0 Å². The molecule has 0 saturated heterocycles. The van der Waals surface area contributed by atoms with Crippen LogP contribution in [-0.4, -0.2) is 37.6 Å². The van der Waals surface area contributed by atoms with Crippen LogP contribution in [0.4, 0.5) is 0 Å². The van der Waals surface area contributed by atoms with Gasteiger partial charge in [0, 0.05) is 19.1 Å². The average Bonchev–Trinajstić information content (AvgIpc) is 1.99. The first-order chi connectivity index (χ1) is 7.12. The predicted octanol–water partition coefficient (Wildman–Crippen LogP) is 1.42. The van der Waals surface area contributed by atoms with Crippen LogP contribution in [0.2, 0.25) is 0 Å². The maximum absolute atomic E-state index is 11.9. The molecule has 0 aromatic rings. The molecule has 0 aliphatic rings. The lowest BCUT2D eigenvalue weighted by molar-refractivity contribution is 0.346. The molecule has 1 atom stereocenters. The Balaban J connectivity index is 4.48. The van der Waals surface area contributed by atoms with Gasteiger partial charge in [0.15, 0.2) is 0 Å². The summed E-state index contributed by atoms with van der Waals surface area (Å²) in [4.78, 5) is 0. The molecule has 0 aromatic carbocycles. The second-order valence-corrected chi connectivity index (χ2v) is 7.40. The second kappa shape index (κ2) is 5.98. The van der Waals surface area contributed by atoms with Crippen LogP contribution in [0, 0.1) is 5.41 Å². The summed E-state index contributed by atoms with van der Waals surface area (Å²) in [6, 6.07) is -0.286. The highest BCUT2D eigenvalue weighted by Gasteiger charge is 2.25. The van der Waals surface area contributed by atoms with Crippen molar-refractivity contribution in [2.45, 2.75) is 47.1 Å². The van der Waals surface area contributed by atoms with Gasteiger partial charge in [-0.15, -0.1) is 0 Å². The summed E-state index contributed by atoms with van der Waals surface area (Å²) in [6.45, 7) is 10.9. The zero-order chi connectivity index (χ0) is 13.0. The molecular weight excluding hydrogens is 224 g/mol. The van der Waals surface area contributed by atoms with Crippen LogP contribution < -0.4 is 5.73 Å². The quantitative estimate of drug-likeness (QED) is 0.775. The molecule has 0 heterocycles. The molecule has 0 radical (unpaired) electrons. The summed E-state index contributed by atoms with van der Waals surface area (Å²) in [6.07, 6.45) is 0.716. The largest absolute Gasteiger partial charge is 0.327 e. The van der Waals surface area contributed by atoms with Gasteiger partial charge < -0.3 is 5.73 Å². The van der Waals surface area contributed by atoms with Gasteiger partial charge in [-0.25, -0.2) is 12.7 Å². The molecule has 0 bridgehead atoms. The Bertz CT molecular complexity index is 290. The lowest BCUT2D eigenvalue weighted by Crippen LogP contribution is -2.41. The third kappa shape index (κ3) is 5.82. The smallest absolute Gasteiger partial charge is 0.215 e. The molecule has 0 amide bonds. The van der Waals surface area contributed by atoms with E-state index in [9.17, 15) is 8.42 Å². The predicted molar refractivity (Wildman–Crippen MR) is 68.8 cm³/mol. The van der Waals surface area contributed by atoms with Crippen LogP contribution in [0.1, 0.15) is 41.0 Å². The van der Waals surface area contributed by atoms with Gasteiger partial charge in [0.1, 0.15) is 0 Å². The van der Waals surface area contributed by atoms with Crippen molar-refractivity contribution in [2.24, 2.45) is 11.1 Å². The van der Waals surface area contributed by atoms with Crippen molar-refractivity contribution in [1.82, 2.24) is 4.31 Å². The van der Waals surface area contributed by atoms with E-state index in [1.165, 1.54) is 4.31 Å². The first kappa shape index (κ1) is 15.9. The average molecular weight is 250 g/mol. The first-order valence-electron chi connectivity index (χ1n) is 5.85. The summed E-state index contributed by atoms with van der Waals surface area (Å²) in [7, 11) is -3.19. The minimum absolute atomic E-state index is 0.0476. The standard InChI is InChI=1S/C11H26N2O2S/c1-6-13(7-2)16(14,15)9-10(12)8-11(3,4)5/h10H,6-9,12H2,1-5H3. The van der Waals surface area contributed by atoms with Crippen LogP contribution in [0.5, 0.6) is 0 Å². The molecule has 4 nitrogen and oxygen atoms in total. The fraction of sp³-hybridized carbons (Fsp3) is 1.00. The van der Waals surface area contributed by atoms with Crippen molar-refractivity contribution in [3.8, 4) is 0 Å². The maximum Gasteiger partial charge on any atom is 0.215 e. The number of nitrogens with two attached hydrogens (primary N) is 1. The molecule has 16 heavy (non-hydrogen) atoms. The third-order valence-electron chi connectivity index (χ3n) is 2.40. The molecule has 0 saturated carbocycles. The Morgan fingerprint density at radius 1 is 1.19 bits per heavy atom. The van der Waals surface area contributed by atoms with Gasteiger partial charge >= 0.3 is 0 Å². The number of nitrogens with zero attached hydrogens (tertiary/aromatic N) is 1. The Morgan fingerprint density at radius 3 is 1.94 bits per heavy atom. The monoisotopic (exact) mass is 250 g/mol. The summed E-state index contributed by atoms with van der Waals surface area (Å²) in [5, 5.41) is 0. The van der Waals surface area contributed by atoms with E-state index in [1.807, 2.05) is 13.8 Å². The summed E-state index contributed by atoms with van der Waals surface area (Å²) >= 11 is 0. The summed E-state index contributed by atoms with van der Waals surface area (Å²) in [5.41, 5.74) is 5.95. The number of hydrogen-bond donors (Lipinski definition) is 1. The van der Waals surface area contributed by atoms with Gasteiger partial charge in [0.25, 0.3) is 0 Å². The SMILES string of the molecule is CCN(CC)S(=O)(=O)CC(N)CC(C)(C)C. The van der Waals surface area contributed by atoms with E-state index < -0.39 is 10.0 Å². The van der Waals surface area contributed by atoms with Crippen LogP contribution >= 0.6 is 0 Å². The van der Waals surface area contributed by atoms with E-state index >= 15 is 0 Å². The zero-order valence-electron chi connectivity index (χ0n) is 11.2. The van der Waals surface area contributed by atoms with E-state index in [-0.39, 0.29) is 17.2 Å². The molecule has 0 rings (SSSR count). The number of sulfonamides is 1. The highest BCUT2D eigenvalue weighted by molar-refractivity contribution is 7.89. The molecule has 1 unspecified atom stereocenters. The van der Waals surface area contributed by atoms with E-state index in [4.69, 9.17) is 5.73 Å². The van der Waals surface area contributed by atoms with Gasteiger partial charge in [-0.3, -0.25) is 0 Å². The minimum Gasteiger partial charge on any atom is -0.327 e. The lowest BCUT2D eigenvalue weighted by Gasteiger charge is -2.25. The highest BCUT2D eigenvalue weighted by Crippen LogP contribution is 2.20. The topological polar surface area (TPSA) is 63.4 Å². The van der Waals surface area contributed by atoms with Gasteiger partial charge in [0.2, 0.25) is 10.0 Å². The molecule has 0 aromatic heterocycles. The lowest BCUT2D eigenvalue weighted by atomic mass is 9.89. The molecule has 0 aliphatic carbocycles. The second-order valence-electron chi connectivity index (χ2n) is 5.39. The maximum atomic E-state index is 11.9. The van der Waals surface area contributed by atoms with Crippen molar-refractivity contribution in [1.29, 1.82) is 0 Å². The Kier molecular flexibility index (Phi) is 5.93. The molecule has 0 aliphatic heterocycles. The van der Waals surface area contributed by atoms with E-state index in [0.717, 1.165) is 0 Å². The number of hydrogen-bond acceptors (Lipinski definition) is 3. The highest BCUT2D eigenvalue weighted by atomic mass is 32.2. The molecule has 98 valence electrons. The Hall–Kier alpha value is -0.130. The summed E-state index contributed by atoms with van der Waals surface area (Å²) < 4.78 is 25.3. The number of rotatable bonds is 6. The fourth-order valence-electron chi connectivity index (χ4n) is 1.84. The van der Waals surface area contributed by atoms with Crippen molar-refractivity contribution >= 4 is 10.0 Å². The van der Waals surface area contributed by atoms with Crippen molar-refractivity contribution in [2.75, 3.05) is 18.8 Å². The molecule has 5 heteroatoms. The van der Waals surface area contributed by atoms with Crippen molar-refractivity contribution in [3.05, 3.63) is 0 Å². The van der Waals surface area contributed by atoms with Crippen molar-refractivity contribution in [3.63, 3.8) is 0 Å².